The Morgan fingerprint density at radius 3 is 2.61 bits per heavy atom. The Kier molecular flexibility index (Phi) is 4.31. The Hall–Kier alpha value is -1.87. The van der Waals surface area contributed by atoms with Crippen LogP contribution in [0.1, 0.15) is 11.3 Å². The molecule has 0 saturated carbocycles. The van der Waals surface area contributed by atoms with Gasteiger partial charge in [-0.25, -0.2) is 0 Å². The first-order valence-corrected chi connectivity index (χ1v) is 6.12. The van der Waals surface area contributed by atoms with Gasteiger partial charge in [-0.15, -0.1) is 0 Å². The number of anilines is 1. The fourth-order valence-electron chi connectivity index (χ4n) is 1.95. The standard InChI is InChI=1S/C15H18N2O/c1-13-11-15(7-8-16-13)17(9-10-18)12-14-5-3-2-4-6-14/h2-8,11,18H,9-10,12H2,1H3. The van der Waals surface area contributed by atoms with Gasteiger partial charge in [0.15, 0.2) is 0 Å². The Morgan fingerprint density at radius 2 is 1.94 bits per heavy atom. The highest BCUT2D eigenvalue weighted by atomic mass is 16.3. The molecule has 0 fully saturated rings. The van der Waals surface area contributed by atoms with E-state index in [1.54, 1.807) is 6.20 Å². The summed E-state index contributed by atoms with van der Waals surface area (Å²) in [5.74, 6) is 0. The number of rotatable bonds is 5. The molecule has 94 valence electrons. The number of benzene rings is 1. The van der Waals surface area contributed by atoms with Gasteiger partial charge < -0.3 is 10.0 Å². The topological polar surface area (TPSA) is 36.4 Å². The summed E-state index contributed by atoms with van der Waals surface area (Å²) in [5.41, 5.74) is 3.32. The maximum atomic E-state index is 9.19. The second-order valence-electron chi connectivity index (χ2n) is 4.29. The van der Waals surface area contributed by atoms with E-state index in [-0.39, 0.29) is 6.61 Å². The molecule has 0 bridgehead atoms. The molecule has 0 unspecified atom stereocenters. The quantitative estimate of drug-likeness (QED) is 0.874. The normalized spacial score (nSPS) is 10.3. The minimum Gasteiger partial charge on any atom is -0.395 e. The molecule has 0 saturated heterocycles. The van der Waals surface area contributed by atoms with Crippen molar-refractivity contribution in [2.45, 2.75) is 13.5 Å². The van der Waals surface area contributed by atoms with Crippen molar-refractivity contribution in [1.29, 1.82) is 0 Å². The summed E-state index contributed by atoms with van der Waals surface area (Å²) in [7, 11) is 0. The first kappa shape index (κ1) is 12.6. The second kappa shape index (κ2) is 6.17. The number of nitrogens with zero attached hydrogens (tertiary/aromatic N) is 2. The third kappa shape index (κ3) is 3.31. The lowest BCUT2D eigenvalue weighted by atomic mass is 10.2. The summed E-state index contributed by atoms with van der Waals surface area (Å²) in [6.07, 6.45) is 1.81. The molecule has 0 radical (unpaired) electrons. The molecular formula is C15H18N2O. The molecule has 1 N–H and O–H groups in total. The summed E-state index contributed by atoms with van der Waals surface area (Å²) >= 11 is 0. The van der Waals surface area contributed by atoms with Gasteiger partial charge in [0.25, 0.3) is 0 Å². The number of pyridine rings is 1. The van der Waals surface area contributed by atoms with Crippen LogP contribution in [-0.2, 0) is 6.54 Å². The summed E-state index contributed by atoms with van der Waals surface area (Å²) in [4.78, 5) is 6.36. The summed E-state index contributed by atoms with van der Waals surface area (Å²) < 4.78 is 0. The van der Waals surface area contributed by atoms with Gasteiger partial charge in [-0.3, -0.25) is 4.98 Å². The van der Waals surface area contributed by atoms with E-state index in [2.05, 4.69) is 22.0 Å². The third-order valence-electron chi connectivity index (χ3n) is 2.83. The minimum atomic E-state index is 0.147. The molecule has 1 aromatic heterocycles. The minimum absolute atomic E-state index is 0.147. The van der Waals surface area contributed by atoms with Gasteiger partial charge >= 0.3 is 0 Å². The van der Waals surface area contributed by atoms with E-state index in [0.717, 1.165) is 17.9 Å². The number of aliphatic hydroxyl groups is 1. The smallest absolute Gasteiger partial charge is 0.0606 e. The largest absolute Gasteiger partial charge is 0.395 e. The second-order valence-corrected chi connectivity index (χ2v) is 4.29. The van der Waals surface area contributed by atoms with Gasteiger partial charge in [-0.2, -0.15) is 0 Å². The van der Waals surface area contributed by atoms with Crippen LogP contribution in [-0.4, -0.2) is 23.2 Å². The fraction of sp³-hybridized carbons (Fsp3) is 0.267. The summed E-state index contributed by atoms with van der Waals surface area (Å²) in [6.45, 7) is 3.54. The highest BCUT2D eigenvalue weighted by Gasteiger charge is 2.07. The molecule has 1 aromatic carbocycles. The van der Waals surface area contributed by atoms with Gasteiger partial charge in [0.05, 0.1) is 6.61 Å². The lowest BCUT2D eigenvalue weighted by molar-refractivity contribution is 0.301. The van der Waals surface area contributed by atoms with E-state index in [4.69, 9.17) is 0 Å². The van der Waals surface area contributed by atoms with Crippen LogP contribution in [0.15, 0.2) is 48.7 Å². The zero-order valence-corrected chi connectivity index (χ0v) is 10.6. The van der Waals surface area contributed by atoms with Crippen LogP contribution in [0.25, 0.3) is 0 Å². The van der Waals surface area contributed by atoms with E-state index in [9.17, 15) is 5.11 Å². The van der Waals surface area contributed by atoms with E-state index in [1.807, 2.05) is 37.3 Å². The third-order valence-corrected chi connectivity index (χ3v) is 2.83. The monoisotopic (exact) mass is 242 g/mol. The number of hydrogen-bond acceptors (Lipinski definition) is 3. The Morgan fingerprint density at radius 1 is 1.17 bits per heavy atom. The van der Waals surface area contributed by atoms with Crippen molar-refractivity contribution in [1.82, 2.24) is 4.98 Å². The molecule has 0 aliphatic heterocycles. The lowest BCUT2D eigenvalue weighted by Gasteiger charge is -2.24. The van der Waals surface area contributed by atoms with Crippen LogP contribution in [0.3, 0.4) is 0 Å². The predicted octanol–water partition coefficient (Wildman–Crippen LogP) is 2.39. The molecule has 3 nitrogen and oxygen atoms in total. The summed E-state index contributed by atoms with van der Waals surface area (Å²) in [5, 5.41) is 9.19. The van der Waals surface area contributed by atoms with E-state index < -0.39 is 0 Å². The fourth-order valence-corrected chi connectivity index (χ4v) is 1.95. The Balaban J connectivity index is 2.18. The van der Waals surface area contributed by atoms with Crippen LogP contribution in [0.2, 0.25) is 0 Å². The van der Waals surface area contributed by atoms with E-state index in [0.29, 0.717) is 6.54 Å². The molecule has 2 rings (SSSR count). The number of aliphatic hydroxyl groups excluding tert-OH is 1. The predicted molar refractivity (Wildman–Crippen MR) is 73.6 cm³/mol. The molecule has 0 amide bonds. The number of aryl methyl sites for hydroxylation is 1. The maximum Gasteiger partial charge on any atom is 0.0606 e. The maximum absolute atomic E-state index is 9.19. The van der Waals surface area contributed by atoms with Gasteiger partial charge in [0.1, 0.15) is 0 Å². The van der Waals surface area contributed by atoms with Crippen LogP contribution < -0.4 is 4.90 Å². The average molecular weight is 242 g/mol. The molecule has 3 heteroatoms. The van der Waals surface area contributed by atoms with Crippen LogP contribution in [0, 0.1) is 6.92 Å². The molecule has 2 aromatic rings. The average Bonchev–Trinajstić information content (AvgIpc) is 2.39. The zero-order chi connectivity index (χ0) is 12.8. The molecule has 0 aliphatic rings. The molecule has 0 spiro atoms. The molecular weight excluding hydrogens is 224 g/mol. The highest BCUT2D eigenvalue weighted by Crippen LogP contribution is 2.17. The van der Waals surface area contributed by atoms with Crippen molar-refractivity contribution in [3.63, 3.8) is 0 Å². The first-order valence-electron chi connectivity index (χ1n) is 6.12. The van der Waals surface area contributed by atoms with E-state index in [1.165, 1.54) is 5.56 Å². The van der Waals surface area contributed by atoms with Crippen molar-refractivity contribution in [3.8, 4) is 0 Å². The Labute approximate surface area is 108 Å². The summed E-state index contributed by atoms with van der Waals surface area (Å²) in [6, 6.07) is 14.3. The van der Waals surface area contributed by atoms with Crippen LogP contribution in [0.5, 0.6) is 0 Å². The van der Waals surface area contributed by atoms with Gasteiger partial charge in [-0.1, -0.05) is 30.3 Å². The highest BCUT2D eigenvalue weighted by molar-refractivity contribution is 5.47. The molecule has 0 aliphatic carbocycles. The lowest BCUT2D eigenvalue weighted by Crippen LogP contribution is -2.26. The van der Waals surface area contributed by atoms with Gasteiger partial charge in [0, 0.05) is 30.7 Å². The van der Waals surface area contributed by atoms with Crippen molar-refractivity contribution in [2.75, 3.05) is 18.1 Å². The van der Waals surface area contributed by atoms with Gasteiger partial charge in [0.2, 0.25) is 0 Å². The van der Waals surface area contributed by atoms with Gasteiger partial charge in [-0.05, 0) is 24.6 Å². The molecule has 18 heavy (non-hydrogen) atoms. The molecule has 1 heterocycles. The first-order chi connectivity index (χ1) is 8.79. The Bertz CT molecular complexity index is 485. The van der Waals surface area contributed by atoms with Crippen molar-refractivity contribution < 1.29 is 5.11 Å². The van der Waals surface area contributed by atoms with Crippen LogP contribution in [0.4, 0.5) is 5.69 Å². The zero-order valence-electron chi connectivity index (χ0n) is 10.6. The number of hydrogen-bond donors (Lipinski definition) is 1. The van der Waals surface area contributed by atoms with Crippen molar-refractivity contribution in [2.24, 2.45) is 0 Å². The van der Waals surface area contributed by atoms with Crippen molar-refractivity contribution >= 4 is 5.69 Å². The number of aromatic nitrogens is 1. The van der Waals surface area contributed by atoms with E-state index >= 15 is 0 Å². The van der Waals surface area contributed by atoms with Crippen LogP contribution >= 0.6 is 0 Å². The molecule has 0 atom stereocenters. The SMILES string of the molecule is Cc1cc(N(CCO)Cc2ccccc2)ccn1. The van der Waals surface area contributed by atoms with Crippen molar-refractivity contribution in [3.05, 3.63) is 59.9 Å².